The van der Waals surface area contributed by atoms with Gasteiger partial charge in [-0.05, 0) is 37.9 Å². The number of nitrogens with one attached hydrogen (secondary N) is 1. The molecule has 3 nitrogen and oxygen atoms in total. The van der Waals surface area contributed by atoms with E-state index in [9.17, 15) is 0 Å². The highest BCUT2D eigenvalue weighted by molar-refractivity contribution is 5.43. The van der Waals surface area contributed by atoms with Gasteiger partial charge in [-0.2, -0.15) is 5.10 Å². The zero-order valence-corrected chi connectivity index (χ0v) is 8.61. The molecule has 3 heteroatoms. The monoisotopic (exact) mass is 191 g/mol. The van der Waals surface area contributed by atoms with E-state index in [1.165, 1.54) is 12.8 Å². The number of nitrogens with zero attached hydrogens (tertiary/aromatic N) is 2. The molecule has 2 rings (SSSR count). The molecule has 0 atom stereocenters. The Hall–Kier alpha value is -1.09. The quantitative estimate of drug-likeness (QED) is 0.716. The summed E-state index contributed by atoms with van der Waals surface area (Å²) in [7, 11) is 1.94. The van der Waals surface area contributed by atoms with Gasteiger partial charge in [0.25, 0.3) is 0 Å². The maximum Gasteiger partial charge on any atom is 0.0847 e. The van der Waals surface area contributed by atoms with Crippen LogP contribution in [0, 0.1) is 0 Å². The van der Waals surface area contributed by atoms with Crippen LogP contribution in [0.2, 0.25) is 0 Å². The smallest absolute Gasteiger partial charge is 0.0847 e. The first-order valence-electron chi connectivity index (χ1n) is 5.24. The molecule has 0 unspecified atom stereocenters. The average molecular weight is 191 g/mol. The summed E-state index contributed by atoms with van der Waals surface area (Å²) < 4.78 is 1.82. The molecule has 1 aromatic rings. The van der Waals surface area contributed by atoms with Crippen LogP contribution in [0.25, 0.3) is 6.08 Å². The molecular formula is C11H17N3. The van der Waals surface area contributed by atoms with Crippen molar-refractivity contribution in [2.24, 2.45) is 7.05 Å². The van der Waals surface area contributed by atoms with E-state index < -0.39 is 0 Å². The number of hydrogen-bond acceptors (Lipinski definition) is 2. The van der Waals surface area contributed by atoms with Crippen LogP contribution in [0.4, 0.5) is 0 Å². The summed E-state index contributed by atoms with van der Waals surface area (Å²) in [5.74, 6) is 0. The molecule has 1 aromatic heterocycles. The van der Waals surface area contributed by atoms with Gasteiger partial charge in [0, 0.05) is 19.3 Å². The van der Waals surface area contributed by atoms with Gasteiger partial charge in [0.1, 0.15) is 0 Å². The van der Waals surface area contributed by atoms with Gasteiger partial charge < -0.3 is 5.32 Å². The van der Waals surface area contributed by atoms with Crippen molar-refractivity contribution < 1.29 is 0 Å². The lowest BCUT2D eigenvalue weighted by Gasteiger charge is -1.96. The third-order valence-corrected chi connectivity index (χ3v) is 2.34. The highest BCUT2D eigenvalue weighted by Gasteiger charge is 2.19. The molecule has 1 saturated carbocycles. The highest BCUT2D eigenvalue weighted by atomic mass is 15.2. The topological polar surface area (TPSA) is 29.9 Å². The van der Waals surface area contributed by atoms with E-state index in [4.69, 9.17) is 0 Å². The maximum atomic E-state index is 4.27. The van der Waals surface area contributed by atoms with Crippen LogP contribution in [-0.4, -0.2) is 22.4 Å². The van der Waals surface area contributed by atoms with Crippen LogP contribution in [0.15, 0.2) is 18.3 Å². The Morgan fingerprint density at radius 3 is 3.14 bits per heavy atom. The van der Waals surface area contributed by atoms with Crippen molar-refractivity contribution >= 4 is 6.08 Å². The summed E-state index contributed by atoms with van der Waals surface area (Å²) in [6.07, 6.45) is 10.0. The molecule has 0 saturated heterocycles. The average Bonchev–Trinajstić information content (AvgIpc) is 2.89. The van der Waals surface area contributed by atoms with E-state index in [1.807, 2.05) is 24.0 Å². The van der Waals surface area contributed by atoms with E-state index in [1.54, 1.807) is 0 Å². The minimum absolute atomic E-state index is 0.818. The van der Waals surface area contributed by atoms with Crippen molar-refractivity contribution in [3.05, 3.63) is 24.0 Å². The maximum absolute atomic E-state index is 4.27. The molecule has 1 aliphatic carbocycles. The number of rotatable bonds is 5. The van der Waals surface area contributed by atoms with Crippen LogP contribution < -0.4 is 5.32 Å². The van der Waals surface area contributed by atoms with E-state index in [-0.39, 0.29) is 0 Å². The van der Waals surface area contributed by atoms with Crippen molar-refractivity contribution in [2.45, 2.75) is 25.3 Å². The van der Waals surface area contributed by atoms with Gasteiger partial charge in [0.2, 0.25) is 0 Å². The highest BCUT2D eigenvalue weighted by Crippen LogP contribution is 2.18. The lowest BCUT2D eigenvalue weighted by Crippen LogP contribution is -2.16. The van der Waals surface area contributed by atoms with Crippen molar-refractivity contribution in [2.75, 3.05) is 6.54 Å². The number of aryl methyl sites for hydroxylation is 1. The van der Waals surface area contributed by atoms with Crippen LogP contribution in [0.3, 0.4) is 0 Å². The fraction of sp³-hybridized carbons (Fsp3) is 0.545. The largest absolute Gasteiger partial charge is 0.314 e. The standard InChI is InChI=1S/C11H17N3/c1-14-9-7-11(13-14)4-2-3-8-12-10-5-6-10/h2,4,7,9-10,12H,3,5-6,8H2,1H3/b4-2+. The Morgan fingerprint density at radius 2 is 2.50 bits per heavy atom. The predicted molar refractivity (Wildman–Crippen MR) is 57.9 cm³/mol. The Labute approximate surface area is 84.8 Å². The van der Waals surface area contributed by atoms with Gasteiger partial charge in [0.05, 0.1) is 5.69 Å². The summed E-state index contributed by atoms with van der Waals surface area (Å²) in [6.45, 7) is 1.09. The number of hydrogen-bond donors (Lipinski definition) is 1. The summed E-state index contributed by atoms with van der Waals surface area (Å²) in [4.78, 5) is 0. The summed E-state index contributed by atoms with van der Waals surface area (Å²) in [5, 5.41) is 7.74. The Balaban J connectivity index is 1.65. The van der Waals surface area contributed by atoms with Gasteiger partial charge in [-0.15, -0.1) is 0 Å². The molecule has 0 radical (unpaired) electrons. The second-order valence-corrected chi connectivity index (χ2v) is 3.83. The molecule has 0 aliphatic heterocycles. The Bertz CT molecular complexity index is 310. The van der Waals surface area contributed by atoms with Crippen LogP contribution >= 0.6 is 0 Å². The molecule has 0 bridgehead atoms. The molecule has 1 fully saturated rings. The fourth-order valence-electron chi connectivity index (χ4n) is 1.38. The molecule has 0 amide bonds. The van der Waals surface area contributed by atoms with E-state index in [0.29, 0.717) is 0 Å². The minimum Gasteiger partial charge on any atom is -0.314 e. The van der Waals surface area contributed by atoms with Crippen molar-refractivity contribution in [1.29, 1.82) is 0 Å². The SMILES string of the molecule is Cn1ccc(/C=C/CCNC2CC2)n1. The summed E-state index contributed by atoms with van der Waals surface area (Å²) in [6, 6.07) is 2.84. The van der Waals surface area contributed by atoms with Gasteiger partial charge in [-0.3, -0.25) is 4.68 Å². The molecule has 14 heavy (non-hydrogen) atoms. The second kappa shape index (κ2) is 4.42. The third kappa shape index (κ3) is 3.00. The minimum atomic E-state index is 0.818. The van der Waals surface area contributed by atoms with E-state index >= 15 is 0 Å². The first-order chi connectivity index (χ1) is 6.84. The second-order valence-electron chi connectivity index (χ2n) is 3.83. The fourth-order valence-corrected chi connectivity index (χ4v) is 1.38. The first-order valence-corrected chi connectivity index (χ1v) is 5.24. The van der Waals surface area contributed by atoms with Gasteiger partial charge >= 0.3 is 0 Å². The lowest BCUT2D eigenvalue weighted by molar-refractivity contribution is 0.691. The predicted octanol–water partition coefficient (Wildman–Crippen LogP) is 1.58. The molecule has 1 aliphatic rings. The molecule has 1 N–H and O–H groups in total. The molecule has 76 valence electrons. The molecular weight excluding hydrogens is 174 g/mol. The van der Waals surface area contributed by atoms with Crippen LogP contribution in [0.1, 0.15) is 25.0 Å². The van der Waals surface area contributed by atoms with Gasteiger partial charge in [0.15, 0.2) is 0 Å². The molecule has 0 aromatic carbocycles. The Kier molecular flexibility index (Phi) is 2.99. The van der Waals surface area contributed by atoms with Gasteiger partial charge in [-0.1, -0.05) is 6.08 Å². The van der Waals surface area contributed by atoms with Crippen molar-refractivity contribution in [1.82, 2.24) is 15.1 Å². The Morgan fingerprint density at radius 1 is 1.64 bits per heavy atom. The number of aromatic nitrogens is 2. The third-order valence-electron chi connectivity index (χ3n) is 2.34. The molecule has 1 heterocycles. The summed E-state index contributed by atoms with van der Waals surface area (Å²) in [5.41, 5.74) is 1.04. The van der Waals surface area contributed by atoms with E-state index in [0.717, 1.165) is 24.7 Å². The summed E-state index contributed by atoms with van der Waals surface area (Å²) >= 11 is 0. The zero-order valence-electron chi connectivity index (χ0n) is 8.61. The zero-order chi connectivity index (χ0) is 9.80. The first kappa shape index (κ1) is 9.46. The van der Waals surface area contributed by atoms with Gasteiger partial charge in [-0.25, -0.2) is 0 Å². The molecule has 0 spiro atoms. The van der Waals surface area contributed by atoms with Crippen molar-refractivity contribution in [3.63, 3.8) is 0 Å². The van der Waals surface area contributed by atoms with Crippen LogP contribution in [0.5, 0.6) is 0 Å². The normalized spacial score (nSPS) is 16.6. The lowest BCUT2D eigenvalue weighted by atomic mass is 10.3. The van der Waals surface area contributed by atoms with E-state index in [2.05, 4.69) is 22.6 Å². The van der Waals surface area contributed by atoms with Crippen LogP contribution in [-0.2, 0) is 7.05 Å². The van der Waals surface area contributed by atoms with Crippen molar-refractivity contribution in [3.8, 4) is 0 Å².